The van der Waals surface area contributed by atoms with Gasteiger partial charge in [0, 0.05) is 3.92 Å². The summed E-state index contributed by atoms with van der Waals surface area (Å²) in [5.41, 5.74) is 1.48. The summed E-state index contributed by atoms with van der Waals surface area (Å²) in [4.78, 5) is 0. The lowest BCUT2D eigenvalue weighted by Crippen LogP contribution is -1.96. The number of hydrogen-bond donors (Lipinski definition) is 0. The van der Waals surface area contributed by atoms with Crippen LogP contribution >= 0.6 is 22.6 Å². The molecule has 0 aliphatic rings. The fourth-order valence-electron chi connectivity index (χ4n) is 1.65. The van der Waals surface area contributed by atoms with Crippen molar-refractivity contribution in [2.24, 2.45) is 0 Å². The zero-order valence-corrected chi connectivity index (χ0v) is 11.2. The quantitative estimate of drug-likeness (QED) is 0.542. The molecule has 0 amide bonds. The molecule has 1 aromatic rings. The Morgan fingerprint density at radius 2 is 1.71 bits per heavy atom. The monoisotopic (exact) mass is 302 g/mol. The normalized spacial score (nSPS) is 15.1. The highest BCUT2D eigenvalue weighted by Crippen LogP contribution is 2.22. The third-order valence-electron chi connectivity index (χ3n) is 2.61. The number of halogens is 1. The van der Waals surface area contributed by atoms with E-state index in [0.29, 0.717) is 5.92 Å². The molecule has 1 aromatic carbocycles. The predicted octanol–water partition coefficient (Wildman–Crippen LogP) is 4.78. The highest BCUT2D eigenvalue weighted by atomic mass is 127. The van der Waals surface area contributed by atoms with E-state index in [2.05, 4.69) is 66.8 Å². The fourth-order valence-corrected chi connectivity index (χ4v) is 2.09. The van der Waals surface area contributed by atoms with Gasteiger partial charge in [0.05, 0.1) is 0 Å². The molecular weight excluding hydrogens is 283 g/mol. The van der Waals surface area contributed by atoms with Crippen LogP contribution in [0.5, 0.6) is 0 Å². The van der Waals surface area contributed by atoms with Gasteiger partial charge in [-0.2, -0.15) is 0 Å². The lowest BCUT2D eigenvalue weighted by Gasteiger charge is -2.11. The smallest absolute Gasteiger partial charge is 0.00813 e. The SMILES string of the molecule is CC(I)CCCC(C)c1ccccc1. The Balaban J connectivity index is 2.32. The van der Waals surface area contributed by atoms with Crippen LogP contribution in [0, 0.1) is 0 Å². The van der Waals surface area contributed by atoms with Crippen LogP contribution in [0.2, 0.25) is 0 Å². The maximum Gasteiger partial charge on any atom is 0.00813 e. The number of rotatable bonds is 5. The van der Waals surface area contributed by atoms with Crippen LogP contribution in [0.1, 0.15) is 44.6 Å². The summed E-state index contributed by atoms with van der Waals surface area (Å²) in [6.07, 6.45) is 4.01. The zero-order chi connectivity index (χ0) is 10.4. The third-order valence-corrected chi connectivity index (χ3v) is 3.23. The van der Waals surface area contributed by atoms with Crippen molar-refractivity contribution >= 4 is 22.6 Å². The van der Waals surface area contributed by atoms with Crippen LogP contribution in [-0.2, 0) is 0 Å². The van der Waals surface area contributed by atoms with Crippen molar-refractivity contribution in [2.45, 2.75) is 43.0 Å². The molecule has 0 aromatic heterocycles. The summed E-state index contributed by atoms with van der Waals surface area (Å²) in [5.74, 6) is 0.714. The first-order valence-corrected chi connectivity index (χ1v) is 6.63. The van der Waals surface area contributed by atoms with Gasteiger partial charge in [-0.1, -0.05) is 73.2 Å². The second kappa shape index (κ2) is 6.44. The molecule has 0 radical (unpaired) electrons. The first kappa shape index (κ1) is 12.0. The average Bonchev–Trinajstić information content (AvgIpc) is 2.18. The van der Waals surface area contributed by atoms with Crippen molar-refractivity contribution in [1.29, 1.82) is 0 Å². The topological polar surface area (TPSA) is 0 Å². The molecule has 14 heavy (non-hydrogen) atoms. The molecule has 0 nitrogen and oxygen atoms in total. The molecule has 0 bridgehead atoms. The minimum Gasteiger partial charge on any atom is -0.0829 e. The van der Waals surface area contributed by atoms with Gasteiger partial charge in [-0.05, 0) is 24.3 Å². The van der Waals surface area contributed by atoms with E-state index < -0.39 is 0 Å². The molecule has 0 heterocycles. The molecule has 0 aliphatic carbocycles. The van der Waals surface area contributed by atoms with E-state index in [1.165, 1.54) is 24.8 Å². The zero-order valence-electron chi connectivity index (χ0n) is 9.04. The summed E-state index contributed by atoms with van der Waals surface area (Å²) in [6.45, 7) is 4.61. The first-order valence-electron chi connectivity index (χ1n) is 5.39. The van der Waals surface area contributed by atoms with Crippen molar-refractivity contribution in [3.8, 4) is 0 Å². The van der Waals surface area contributed by atoms with Crippen molar-refractivity contribution in [3.05, 3.63) is 35.9 Å². The van der Waals surface area contributed by atoms with E-state index in [1.807, 2.05) is 0 Å². The van der Waals surface area contributed by atoms with E-state index in [0.717, 1.165) is 3.92 Å². The van der Waals surface area contributed by atoms with Gasteiger partial charge in [-0.3, -0.25) is 0 Å². The lowest BCUT2D eigenvalue weighted by molar-refractivity contribution is 0.608. The van der Waals surface area contributed by atoms with Crippen LogP contribution in [0.3, 0.4) is 0 Å². The molecule has 0 N–H and O–H groups in total. The molecule has 0 saturated heterocycles. The van der Waals surface area contributed by atoms with Crippen LogP contribution in [0.4, 0.5) is 0 Å². The van der Waals surface area contributed by atoms with Crippen molar-refractivity contribution in [3.63, 3.8) is 0 Å². The second-order valence-electron chi connectivity index (χ2n) is 4.02. The van der Waals surface area contributed by atoms with Crippen molar-refractivity contribution < 1.29 is 0 Å². The summed E-state index contributed by atoms with van der Waals surface area (Å²) in [5, 5.41) is 0. The van der Waals surface area contributed by atoms with E-state index >= 15 is 0 Å². The maximum absolute atomic E-state index is 2.50. The van der Waals surface area contributed by atoms with Gasteiger partial charge in [-0.15, -0.1) is 0 Å². The van der Waals surface area contributed by atoms with Gasteiger partial charge in [0.2, 0.25) is 0 Å². The van der Waals surface area contributed by atoms with E-state index in [-0.39, 0.29) is 0 Å². The molecule has 0 aliphatic heterocycles. The van der Waals surface area contributed by atoms with Gasteiger partial charge >= 0.3 is 0 Å². The minimum absolute atomic E-state index is 0.714. The Bertz CT molecular complexity index is 241. The summed E-state index contributed by atoms with van der Waals surface area (Å²) in [6, 6.07) is 10.8. The molecular formula is C13H19I. The molecule has 0 saturated carbocycles. The maximum atomic E-state index is 2.50. The highest BCUT2D eigenvalue weighted by molar-refractivity contribution is 14.1. The van der Waals surface area contributed by atoms with Gasteiger partial charge in [0.1, 0.15) is 0 Å². The van der Waals surface area contributed by atoms with Crippen LogP contribution in [0.15, 0.2) is 30.3 Å². The average molecular weight is 302 g/mol. The van der Waals surface area contributed by atoms with Crippen LogP contribution in [0.25, 0.3) is 0 Å². The molecule has 2 atom stereocenters. The van der Waals surface area contributed by atoms with Crippen molar-refractivity contribution in [2.75, 3.05) is 0 Å². The van der Waals surface area contributed by atoms with Gasteiger partial charge in [0.25, 0.3) is 0 Å². The van der Waals surface area contributed by atoms with E-state index in [9.17, 15) is 0 Å². The number of alkyl halides is 1. The standard InChI is InChI=1S/C13H19I/c1-11(7-6-8-12(2)14)13-9-4-3-5-10-13/h3-5,9-12H,6-8H2,1-2H3. The molecule has 0 fully saturated rings. The second-order valence-corrected chi connectivity index (χ2v) is 6.15. The number of benzene rings is 1. The summed E-state index contributed by atoms with van der Waals surface area (Å²) in [7, 11) is 0. The van der Waals surface area contributed by atoms with Gasteiger partial charge in [-0.25, -0.2) is 0 Å². The Hall–Kier alpha value is -0.0500. The minimum atomic E-state index is 0.714. The van der Waals surface area contributed by atoms with Crippen LogP contribution in [-0.4, -0.2) is 3.92 Å². The molecule has 1 heteroatoms. The molecule has 1 rings (SSSR count). The third kappa shape index (κ3) is 4.45. The fraction of sp³-hybridized carbons (Fsp3) is 0.538. The summed E-state index contributed by atoms with van der Waals surface area (Å²) >= 11 is 2.50. The number of hydrogen-bond acceptors (Lipinski definition) is 0. The molecule has 78 valence electrons. The highest BCUT2D eigenvalue weighted by Gasteiger charge is 2.04. The summed E-state index contributed by atoms with van der Waals surface area (Å²) < 4.78 is 0.815. The van der Waals surface area contributed by atoms with E-state index in [1.54, 1.807) is 0 Å². The van der Waals surface area contributed by atoms with Crippen LogP contribution < -0.4 is 0 Å². The Morgan fingerprint density at radius 1 is 1.07 bits per heavy atom. The molecule has 0 spiro atoms. The Kier molecular flexibility index (Phi) is 5.53. The van der Waals surface area contributed by atoms with Gasteiger partial charge < -0.3 is 0 Å². The van der Waals surface area contributed by atoms with Gasteiger partial charge in [0.15, 0.2) is 0 Å². The Morgan fingerprint density at radius 3 is 2.29 bits per heavy atom. The lowest BCUT2D eigenvalue weighted by atomic mass is 9.95. The molecule has 2 unspecified atom stereocenters. The first-order chi connectivity index (χ1) is 6.70. The van der Waals surface area contributed by atoms with E-state index in [4.69, 9.17) is 0 Å². The Labute approximate surface area is 101 Å². The predicted molar refractivity (Wildman–Crippen MR) is 72.2 cm³/mol. The van der Waals surface area contributed by atoms with Crippen molar-refractivity contribution in [1.82, 2.24) is 0 Å². The largest absolute Gasteiger partial charge is 0.0829 e.